The maximum absolute atomic E-state index is 12.2. The third-order valence-electron chi connectivity index (χ3n) is 3.15. The molecule has 5 nitrogen and oxygen atoms in total. The Kier molecular flexibility index (Phi) is 4.90. The summed E-state index contributed by atoms with van der Waals surface area (Å²) in [7, 11) is 0. The second kappa shape index (κ2) is 6.67. The number of aryl methyl sites for hydroxylation is 3. The van der Waals surface area contributed by atoms with E-state index in [0.29, 0.717) is 5.13 Å². The van der Waals surface area contributed by atoms with Gasteiger partial charge in [0.25, 0.3) is 0 Å². The van der Waals surface area contributed by atoms with E-state index in [0.717, 1.165) is 22.7 Å². The standard InChI is InChI=1S/C15H20N4OS/c1-5-13-18-19-15(21-13)17-14(20)11(4)16-12-7-6-9(2)8-10(12)3/h6-8,11,16H,5H2,1-4H3,(H,17,19,20)/t11-/m1/s1. The van der Waals surface area contributed by atoms with Crippen LogP contribution >= 0.6 is 11.3 Å². The summed E-state index contributed by atoms with van der Waals surface area (Å²) in [5.41, 5.74) is 3.30. The third kappa shape index (κ3) is 4.01. The zero-order valence-electron chi connectivity index (χ0n) is 12.7. The first-order chi connectivity index (χ1) is 9.99. The van der Waals surface area contributed by atoms with Crippen LogP contribution in [-0.4, -0.2) is 22.1 Å². The SMILES string of the molecule is CCc1nnc(NC(=O)[C@@H](C)Nc2ccc(C)cc2C)s1. The van der Waals surface area contributed by atoms with E-state index < -0.39 is 0 Å². The molecule has 0 aliphatic heterocycles. The summed E-state index contributed by atoms with van der Waals surface area (Å²) < 4.78 is 0. The molecule has 2 rings (SSSR count). The molecule has 2 N–H and O–H groups in total. The fourth-order valence-electron chi connectivity index (χ4n) is 1.93. The van der Waals surface area contributed by atoms with Crippen LogP contribution in [0, 0.1) is 13.8 Å². The normalized spacial score (nSPS) is 12.0. The largest absolute Gasteiger partial charge is 0.374 e. The fraction of sp³-hybridized carbons (Fsp3) is 0.400. The Labute approximate surface area is 128 Å². The number of nitrogens with zero attached hydrogens (tertiary/aromatic N) is 2. The highest BCUT2D eigenvalue weighted by Crippen LogP contribution is 2.18. The summed E-state index contributed by atoms with van der Waals surface area (Å²) in [6.45, 7) is 7.92. The van der Waals surface area contributed by atoms with E-state index in [1.54, 1.807) is 0 Å². The molecule has 0 fully saturated rings. The Bertz CT molecular complexity index is 638. The van der Waals surface area contributed by atoms with Crippen LogP contribution in [0.25, 0.3) is 0 Å². The van der Waals surface area contributed by atoms with Crippen molar-refractivity contribution < 1.29 is 4.79 Å². The summed E-state index contributed by atoms with van der Waals surface area (Å²) in [6.07, 6.45) is 0.823. The van der Waals surface area contributed by atoms with Gasteiger partial charge in [-0.25, -0.2) is 0 Å². The molecule has 0 aliphatic rings. The van der Waals surface area contributed by atoms with Crippen molar-refractivity contribution in [3.8, 4) is 0 Å². The van der Waals surface area contributed by atoms with Gasteiger partial charge in [0, 0.05) is 5.69 Å². The van der Waals surface area contributed by atoms with E-state index in [1.165, 1.54) is 16.9 Å². The molecule has 0 saturated carbocycles. The van der Waals surface area contributed by atoms with Gasteiger partial charge < -0.3 is 5.32 Å². The molecule has 21 heavy (non-hydrogen) atoms. The second-order valence-corrected chi connectivity index (χ2v) is 6.09. The van der Waals surface area contributed by atoms with E-state index >= 15 is 0 Å². The molecule has 0 bridgehead atoms. The van der Waals surface area contributed by atoms with Gasteiger partial charge in [0.1, 0.15) is 11.0 Å². The number of amides is 1. The van der Waals surface area contributed by atoms with E-state index in [4.69, 9.17) is 0 Å². The average molecular weight is 304 g/mol. The van der Waals surface area contributed by atoms with Crippen molar-refractivity contribution in [3.05, 3.63) is 34.3 Å². The molecular weight excluding hydrogens is 284 g/mol. The highest BCUT2D eigenvalue weighted by atomic mass is 32.1. The van der Waals surface area contributed by atoms with E-state index in [9.17, 15) is 4.79 Å². The van der Waals surface area contributed by atoms with Crippen molar-refractivity contribution in [1.82, 2.24) is 10.2 Å². The highest BCUT2D eigenvalue weighted by Gasteiger charge is 2.15. The molecule has 1 amide bonds. The van der Waals surface area contributed by atoms with Gasteiger partial charge in [-0.2, -0.15) is 0 Å². The molecule has 1 aromatic heterocycles. The van der Waals surface area contributed by atoms with E-state index in [2.05, 4.69) is 26.9 Å². The van der Waals surface area contributed by atoms with Crippen LogP contribution < -0.4 is 10.6 Å². The van der Waals surface area contributed by atoms with Crippen molar-refractivity contribution >= 4 is 28.1 Å². The fourth-order valence-corrected chi connectivity index (χ4v) is 2.62. The van der Waals surface area contributed by atoms with Crippen molar-refractivity contribution in [3.63, 3.8) is 0 Å². The van der Waals surface area contributed by atoms with Gasteiger partial charge >= 0.3 is 0 Å². The monoisotopic (exact) mass is 304 g/mol. The Morgan fingerprint density at radius 1 is 1.33 bits per heavy atom. The number of anilines is 2. The molecule has 0 unspecified atom stereocenters. The molecule has 1 atom stereocenters. The smallest absolute Gasteiger partial charge is 0.248 e. The number of benzene rings is 1. The Hall–Kier alpha value is -1.95. The lowest BCUT2D eigenvalue weighted by Gasteiger charge is -2.16. The first kappa shape index (κ1) is 15.4. The summed E-state index contributed by atoms with van der Waals surface area (Å²) in [5, 5.41) is 15.4. The minimum Gasteiger partial charge on any atom is -0.374 e. The molecule has 0 aliphatic carbocycles. The van der Waals surface area contributed by atoms with Gasteiger partial charge in [-0.15, -0.1) is 10.2 Å². The molecule has 0 radical (unpaired) electrons. The van der Waals surface area contributed by atoms with Crippen LogP contribution in [0.2, 0.25) is 0 Å². The van der Waals surface area contributed by atoms with Crippen LogP contribution in [0.5, 0.6) is 0 Å². The van der Waals surface area contributed by atoms with Crippen LogP contribution in [0.3, 0.4) is 0 Å². The second-order valence-electron chi connectivity index (χ2n) is 5.03. The number of carbonyl (C=O) groups is 1. The third-order valence-corrected chi connectivity index (χ3v) is 4.13. The lowest BCUT2D eigenvalue weighted by molar-refractivity contribution is -0.116. The molecule has 0 saturated heterocycles. The Balaban J connectivity index is 1.98. The van der Waals surface area contributed by atoms with Crippen molar-refractivity contribution in [1.29, 1.82) is 0 Å². The molecule has 6 heteroatoms. The molecular formula is C15H20N4OS. The topological polar surface area (TPSA) is 66.9 Å². The average Bonchev–Trinajstić information content (AvgIpc) is 2.89. The Morgan fingerprint density at radius 2 is 2.10 bits per heavy atom. The zero-order chi connectivity index (χ0) is 15.4. The van der Waals surface area contributed by atoms with Crippen LogP contribution in [0.1, 0.15) is 30.0 Å². The van der Waals surface area contributed by atoms with Gasteiger partial charge in [0.2, 0.25) is 11.0 Å². The lowest BCUT2D eigenvalue weighted by atomic mass is 10.1. The quantitative estimate of drug-likeness (QED) is 0.890. The molecule has 1 aromatic carbocycles. The lowest BCUT2D eigenvalue weighted by Crippen LogP contribution is -2.32. The van der Waals surface area contributed by atoms with Gasteiger partial charge in [0.15, 0.2) is 0 Å². The summed E-state index contributed by atoms with van der Waals surface area (Å²) >= 11 is 1.41. The number of rotatable bonds is 5. The minimum atomic E-state index is -0.347. The van der Waals surface area contributed by atoms with E-state index in [-0.39, 0.29) is 11.9 Å². The predicted molar refractivity (Wildman–Crippen MR) is 86.9 cm³/mol. The molecule has 2 aromatic rings. The predicted octanol–water partition coefficient (Wildman–Crippen LogP) is 3.16. The van der Waals surface area contributed by atoms with Gasteiger partial charge in [-0.1, -0.05) is 36.0 Å². The Morgan fingerprint density at radius 3 is 2.71 bits per heavy atom. The van der Waals surface area contributed by atoms with Crippen molar-refractivity contribution in [2.45, 2.75) is 40.2 Å². The number of hydrogen-bond acceptors (Lipinski definition) is 5. The summed E-state index contributed by atoms with van der Waals surface area (Å²) in [5.74, 6) is -0.117. The number of aromatic nitrogens is 2. The number of carbonyl (C=O) groups excluding carboxylic acids is 1. The van der Waals surface area contributed by atoms with Crippen LogP contribution in [-0.2, 0) is 11.2 Å². The first-order valence-electron chi connectivity index (χ1n) is 6.96. The maximum atomic E-state index is 12.2. The maximum Gasteiger partial charge on any atom is 0.248 e. The first-order valence-corrected chi connectivity index (χ1v) is 7.78. The molecule has 1 heterocycles. The van der Waals surface area contributed by atoms with Gasteiger partial charge in [-0.3, -0.25) is 10.1 Å². The van der Waals surface area contributed by atoms with Gasteiger partial charge in [-0.05, 0) is 38.8 Å². The van der Waals surface area contributed by atoms with E-state index in [1.807, 2.05) is 39.8 Å². The number of nitrogens with one attached hydrogen (secondary N) is 2. The number of hydrogen-bond donors (Lipinski definition) is 2. The minimum absolute atomic E-state index is 0.117. The van der Waals surface area contributed by atoms with Gasteiger partial charge in [0.05, 0.1) is 0 Å². The van der Waals surface area contributed by atoms with Crippen LogP contribution in [0.4, 0.5) is 10.8 Å². The summed E-state index contributed by atoms with van der Waals surface area (Å²) in [6, 6.07) is 5.76. The zero-order valence-corrected chi connectivity index (χ0v) is 13.5. The van der Waals surface area contributed by atoms with Crippen molar-refractivity contribution in [2.24, 2.45) is 0 Å². The van der Waals surface area contributed by atoms with Crippen molar-refractivity contribution in [2.75, 3.05) is 10.6 Å². The van der Waals surface area contributed by atoms with Crippen LogP contribution in [0.15, 0.2) is 18.2 Å². The molecule has 0 spiro atoms. The summed E-state index contributed by atoms with van der Waals surface area (Å²) in [4.78, 5) is 12.2. The highest BCUT2D eigenvalue weighted by molar-refractivity contribution is 7.15. The molecule has 112 valence electrons.